The monoisotopic (exact) mass is 337 g/mol. The number of hydrogen-bond acceptors (Lipinski definition) is 3. The Balaban J connectivity index is 2.06. The van der Waals surface area contributed by atoms with Crippen molar-refractivity contribution >= 4 is 15.9 Å². The van der Waals surface area contributed by atoms with Crippen LogP contribution in [0.4, 0.5) is 0 Å². The Morgan fingerprint density at radius 1 is 1.35 bits per heavy atom. The van der Waals surface area contributed by atoms with Crippen molar-refractivity contribution in [3.05, 3.63) is 63.0 Å². The highest BCUT2D eigenvalue weighted by atomic mass is 79.9. The van der Waals surface area contributed by atoms with Crippen molar-refractivity contribution in [3.63, 3.8) is 0 Å². The predicted octanol–water partition coefficient (Wildman–Crippen LogP) is 2.74. The highest BCUT2D eigenvalue weighted by molar-refractivity contribution is 9.10. The van der Waals surface area contributed by atoms with E-state index in [9.17, 15) is 9.90 Å². The van der Waals surface area contributed by atoms with Crippen molar-refractivity contribution in [2.75, 3.05) is 6.61 Å². The molecule has 0 aliphatic carbocycles. The number of rotatable bonds is 5. The number of aliphatic hydroxyl groups excluding tert-OH is 1. The fourth-order valence-electron chi connectivity index (χ4n) is 1.88. The van der Waals surface area contributed by atoms with Crippen molar-refractivity contribution in [2.24, 2.45) is 0 Å². The van der Waals surface area contributed by atoms with Crippen molar-refractivity contribution in [2.45, 2.75) is 19.6 Å². The summed E-state index contributed by atoms with van der Waals surface area (Å²) in [6.45, 7) is 2.52. The van der Waals surface area contributed by atoms with E-state index in [1.54, 1.807) is 23.8 Å². The molecule has 0 bridgehead atoms. The van der Waals surface area contributed by atoms with Gasteiger partial charge in [0.25, 0.3) is 5.56 Å². The van der Waals surface area contributed by atoms with E-state index in [0.29, 0.717) is 18.9 Å². The maximum absolute atomic E-state index is 11.6. The van der Waals surface area contributed by atoms with Crippen LogP contribution in [0.3, 0.4) is 0 Å². The molecule has 0 aliphatic heterocycles. The van der Waals surface area contributed by atoms with Crippen molar-refractivity contribution in [3.8, 4) is 5.75 Å². The Morgan fingerprint density at radius 2 is 2.15 bits per heavy atom. The number of benzene rings is 1. The van der Waals surface area contributed by atoms with Crippen molar-refractivity contribution in [1.82, 2.24) is 4.57 Å². The lowest BCUT2D eigenvalue weighted by Crippen LogP contribution is -2.21. The molecule has 0 fully saturated rings. The van der Waals surface area contributed by atoms with Crippen LogP contribution in [-0.4, -0.2) is 16.3 Å². The van der Waals surface area contributed by atoms with E-state index >= 15 is 0 Å². The number of aliphatic hydroxyl groups is 1. The lowest BCUT2D eigenvalue weighted by molar-refractivity contribution is 0.190. The molecule has 0 aliphatic rings. The van der Waals surface area contributed by atoms with Gasteiger partial charge in [-0.2, -0.15) is 0 Å². The van der Waals surface area contributed by atoms with E-state index < -0.39 is 6.10 Å². The molecule has 1 heterocycles. The van der Waals surface area contributed by atoms with Crippen LogP contribution in [0.15, 0.2) is 51.9 Å². The molecular formula is C15H16BrNO3. The number of aromatic nitrogens is 1. The van der Waals surface area contributed by atoms with Crippen LogP contribution < -0.4 is 10.3 Å². The summed E-state index contributed by atoms with van der Waals surface area (Å²) in [5.41, 5.74) is 0.676. The number of nitrogens with zero attached hydrogens (tertiary/aromatic N) is 1. The van der Waals surface area contributed by atoms with Gasteiger partial charge < -0.3 is 14.4 Å². The summed E-state index contributed by atoms with van der Waals surface area (Å²) in [5, 5.41) is 9.71. The zero-order valence-electron chi connectivity index (χ0n) is 11.1. The minimum absolute atomic E-state index is 0.0545. The molecule has 2 rings (SSSR count). The first-order valence-corrected chi connectivity index (χ1v) is 7.13. The third-order valence-electron chi connectivity index (χ3n) is 2.91. The summed E-state index contributed by atoms with van der Waals surface area (Å²) in [6.07, 6.45) is 1.12. The van der Waals surface area contributed by atoms with Gasteiger partial charge in [-0.3, -0.25) is 4.79 Å². The summed E-state index contributed by atoms with van der Waals surface area (Å²) in [4.78, 5) is 11.6. The van der Waals surface area contributed by atoms with E-state index in [0.717, 1.165) is 10.0 Å². The molecule has 0 spiro atoms. The van der Waals surface area contributed by atoms with Crippen LogP contribution in [0, 0.1) is 0 Å². The molecule has 1 atom stereocenters. The van der Waals surface area contributed by atoms with E-state index in [2.05, 4.69) is 15.9 Å². The number of halogens is 1. The van der Waals surface area contributed by atoms with Crippen LogP contribution in [-0.2, 0) is 6.54 Å². The fraction of sp³-hybridized carbons (Fsp3) is 0.267. The van der Waals surface area contributed by atoms with Gasteiger partial charge in [0.1, 0.15) is 12.4 Å². The van der Waals surface area contributed by atoms with Crippen molar-refractivity contribution < 1.29 is 9.84 Å². The van der Waals surface area contributed by atoms with Gasteiger partial charge in [-0.1, -0.05) is 28.1 Å². The normalized spacial score (nSPS) is 12.2. The maximum Gasteiger partial charge on any atom is 0.250 e. The molecule has 1 unspecified atom stereocenters. The van der Waals surface area contributed by atoms with Gasteiger partial charge >= 0.3 is 0 Å². The summed E-state index contributed by atoms with van der Waals surface area (Å²) in [6, 6.07) is 10.5. The molecule has 0 radical (unpaired) electrons. The highest BCUT2D eigenvalue weighted by Crippen LogP contribution is 2.28. The largest absolute Gasteiger partial charge is 0.491 e. The molecule has 1 N–H and O–H groups in total. The number of hydrogen-bond donors (Lipinski definition) is 1. The molecular weight excluding hydrogens is 322 g/mol. The summed E-state index contributed by atoms with van der Waals surface area (Å²) >= 11 is 3.38. The summed E-state index contributed by atoms with van der Waals surface area (Å²) < 4.78 is 8.15. The van der Waals surface area contributed by atoms with Crippen molar-refractivity contribution in [1.29, 1.82) is 0 Å². The molecule has 1 aromatic carbocycles. The minimum Gasteiger partial charge on any atom is -0.491 e. The summed E-state index contributed by atoms with van der Waals surface area (Å²) in [7, 11) is 0. The predicted molar refractivity (Wildman–Crippen MR) is 81.0 cm³/mol. The van der Waals surface area contributed by atoms with Gasteiger partial charge in [0, 0.05) is 22.3 Å². The molecule has 2 aromatic rings. The minimum atomic E-state index is -0.599. The lowest BCUT2D eigenvalue weighted by atomic mass is 10.1. The molecule has 0 amide bonds. The zero-order valence-corrected chi connectivity index (χ0v) is 12.7. The van der Waals surface area contributed by atoms with Gasteiger partial charge in [0.05, 0.1) is 12.6 Å². The van der Waals surface area contributed by atoms with E-state index in [1.165, 1.54) is 6.07 Å². The SMILES string of the molecule is CC(O)c1ccc(Br)cc1OCCn1ccccc1=O. The molecule has 0 saturated heterocycles. The van der Waals surface area contributed by atoms with Gasteiger partial charge in [0.15, 0.2) is 0 Å². The lowest BCUT2D eigenvalue weighted by Gasteiger charge is -2.14. The first-order valence-electron chi connectivity index (χ1n) is 6.33. The molecule has 1 aromatic heterocycles. The number of pyridine rings is 1. The average Bonchev–Trinajstić information content (AvgIpc) is 2.41. The second kappa shape index (κ2) is 6.72. The van der Waals surface area contributed by atoms with Gasteiger partial charge in [0.2, 0.25) is 0 Å². The molecule has 4 nitrogen and oxygen atoms in total. The van der Waals surface area contributed by atoms with E-state index in [4.69, 9.17) is 4.74 Å². The van der Waals surface area contributed by atoms with Crippen LogP contribution in [0.5, 0.6) is 5.75 Å². The Kier molecular flexibility index (Phi) is 4.98. The smallest absolute Gasteiger partial charge is 0.250 e. The Bertz CT molecular complexity index is 637. The molecule has 106 valence electrons. The first-order chi connectivity index (χ1) is 9.58. The first kappa shape index (κ1) is 14.8. The average molecular weight is 338 g/mol. The van der Waals surface area contributed by atoms with Crippen LogP contribution in [0.2, 0.25) is 0 Å². The van der Waals surface area contributed by atoms with E-state index in [1.807, 2.05) is 24.3 Å². The third kappa shape index (κ3) is 3.71. The topological polar surface area (TPSA) is 51.5 Å². The molecule has 0 saturated carbocycles. The maximum atomic E-state index is 11.6. The molecule has 5 heteroatoms. The van der Waals surface area contributed by atoms with Crippen LogP contribution >= 0.6 is 15.9 Å². The van der Waals surface area contributed by atoms with Crippen LogP contribution in [0.25, 0.3) is 0 Å². The Morgan fingerprint density at radius 3 is 2.85 bits per heavy atom. The third-order valence-corrected chi connectivity index (χ3v) is 3.41. The van der Waals surface area contributed by atoms with Gasteiger partial charge in [-0.25, -0.2) is 0 Å². The second-order valence-electron chi connectivity index (χ2n) is 4.44. The highest BCUT2D eigenvalue weighted by Gasteiger charge is 2.09. The molecule has 20 heavy (non-hydrogen) atoms. The summed E-state index contributed by atoms with van der Waals surface area (Å²) in [5.74, 6) is 0.623. The fourth-order valence-corrected chi connectivity index (χ4v) is 2.22. The van der Waals surface area contributed by atoms with Crippen LogP contribution in [0.1, 0.15) is 18.6 Å². The second-order valence-corrected chi connectivity index (χ2v) is 5.35. The zero-order chi connectivity index (χ0) is 14.5. The van der Waals surface area contributed by atoms with E-state index in [-0.39, 0.29) is 5.56 Å². The Labute approximate surface area is 125 Å². The number of ether oxygens (including phenoxy) is 1. The van der Waals surface area contributed by atoms with Gasteiger partial charge in [-0.05, 0) is 25.1 Å². The quantitative estimate of drug-likeness (QED) is 0.912. The standard InChI is InChI=1S/C15H16BrNO3/c1-11(18)13-6-5-12(16)10-14(13)20-9-8-17-7-3-2-4-15(17)19/h2-7,10-11,18H,8-9H2,1H3. The van der Waals surface area contributed by atoms with Gasteiger partial charge in [-0.15, -0.1) is 0 Å². The Hall–Kier alpha value is -1.59.